The van der Waals surface area contributed by atoms with Crippen LogP contribution in [0, 0.1) is 5.82 Å². The third-order valence-electron chi connectivity index (χ3n) is 5.10. The Balaban J connectivity index is 1.58. The third kappa shape index (κ3) is 2.47. The number of anilines is 2. The maximum absolute atomic E-state index is 13.8. The van der Waals surface area contributed by atoms with Crippen molar-refractivity contribution in [2.24, 2.45) is 0 Å². The molecule has 1 spiro atoms. The van der Waals surface area contributed by atoms with Crippen LogP contribution < -0.4 is 15.4 Å². The van der Waals surface area contributed by atoms with Gasteiger partial charge in [-0.2, -0.15) is 0 Å². The van der Waals surface area contributed by atoms with Crippen LogP contribution >= 0.6 is 0 Å². The maximum Gasteiger partial charge on any atom is 0.321 e. The highest BCUT2D eigenvalue weighted by Gasteiger charge is 2.52. The summed E-state index contributed by atoms with van der Waals surface area (Å²) in [6, 6.07) is 11.0. The largest absolute Gasteiger partial charge is 0.497 e. The highest BCUT2D eigenvalue weighted by molar-refractivity contribution is 6.07. The lowest BCUT2D eigenvalue weighted by Gasteiger charge is -2.23. The fourth-order valence-electron chi connectivity index (χ4n) is 3.66. The van der Waals surface area contributed by atoms with E-state index in [1.807, 2.05) is 12.1 Å². The van der Waals surface area contributed by atoms with E-state index in [2.05, 4.69) is 10.6 Å². The number of carbonyl (C=O) groups excluding carboxylic acids is 2. The highest BCUT2D eigenvalue weighted by atomic mass is 19.1. The predicted molar refractivity (Wildman–Crippen MR) is 94.9 cm³/mol. The summed E-state index contributed by atoms with van der Waals surface area (Å²) in [5.41, 5.74) is 0.905. The molecule has 0 bridgehead atoms. The van der Waals surface area contributed by atoms with Crippen molar-refractivity contribution in [2.45, 2.75) is 11.8 Å². The molecule has 2 heterocycles. The normalized spacial score (nSPS) is 20.8. The van der Waals surface area contributed by atoms with Crippen LogP contribution in [0.5, 0.6) is 5.75 Å². The van der Waals surface area contributed by atoms with Gasteiger partial charge in [0.2, 0.25) is 5.91 Å². The summed E-state index contributed by atoms with van der Waals surface area (Å²) < 4.78 is 19.0. The molecule has 0 aromatic heterocycles. The van der Waals surface area contributed by atoms with Crippen LogP contribution in [0.3, 0.4) is 0 Å². The van der Waals surface area contributed by atoms with Crippen molar-refractivity contribution in [3.63, 3.8) is 0 Å². The highest BCUT2D eigenvalue weighted by Crippen LogP contribution is 2.45. The smallest absolute Gasteiger partial charge is 0.321 e. The molecule has 1 unspecified atom stereocenters. The summed E-state index contributed by atoms with van der Waals surface area (Å²) in [4.78, 5) is 26.7. The zero-order valence-electron chi connectivity index (χ0n) is 14.2. The van der Waals surface area contributed by atoms with E-state index in [-0.39, 0.29) is 18.1 Å². The van der Waals surface area contributed by atoms with Gasteiger partial charge in [0.05, 0.1) is 18.2 Å². The van der Waals surface area contributed by atoms with Crippen molar-refractivity contribution in [1.82, 2.24) is 4.90 Å². The number of amides is 3. The minimum Gasteiger partial charge on any atom is -0.497 e. The van der Waals surface area contributed by atoms with Gasteiger partial charge in [0.1, 0.15) is 11.6 Å². The average Bonchev–Trinajstić information content (AvgIpc) is 3.20. The minimum absolute atomic E-state index is 0.122. The fourth-order valence-corrected chi connectivity index (χ4v) is 3.66. The second kappa shape index (κ2) is 6.01. The molecule has 3 amide bonds. The van der Waals surface area contributed by atoms with Gasteiger partial charge < -0.3 is 20.3 Å². The monoisotopic (exact) mass is 355 g/mol. The molecule has 1 atom stereocenters. The van der Waals surface area contributed by atoms with Crippen LogP contribution in [0.1, 0.15) is 12.0 Å². The topological polar surface area (TPSA) is 70.7 Å². The first-order chi connectivity index (χ1) is 12.5. The lowest BCUT2D eigenvalue weighted by molar-refractivity contribution is -0.120. The summed E-state index contributed by atoms with van der Waals surface area (Å²) in [6.07, 6.45) is 0.504. The number of nitrogens with zero attached hydrogens (tertiary/aromatic N) is 1. The molecule has 7 heteroatoms. The molecule has 26 heavy (non-hydrogen) atoms. The van der Waals surface area contributed by atoms with Crippen LogP contribution in [-0.4, -0.2) is 37.0 Å². The van der Waals surface area contributed by atoms with Gasteiger partial charge in [-0.1, -0.05) is 12.1 Å². The zero-order valence-corrected chi connectivity index (χ0v) is 14.2. The summed E-state index contributed by atoms with van der Waals surface area (Å²) in [5.74, 6) is 0.0410. The van der Waals surface area contributed by atoms with Crippen molar-refractivity contribution < 1.29 is 18.7 Å². The van der Waals surface area contributed by atoms with Gasteiger partial charge in [0, 0.05) is 18.8 Å². The number of ether oxygens (including phenoxy) is 1. The van der Waals surface area contributed by atoms with E-state index in [9.17, 15) is 14.0 Å². The number of methoxy groups -OCH3 is 1. The van der Waals surface area contributed by atoms with Gasteiger partial charge in [0.25, 0.3) is 0 Å². The summed E-state index contributed by atoms with van der Waals surface area (Å²) in [6.45, 7) is 0.643. The van der Waals surface area contributed by atoms with E-state index in [0.29, 0.717) is 18.7 Å². The maximum atomic E-state index is 13.8. The zero-order chi connectivity index (χ0) is 18.3. The second-order valence-electron chi connectivity index (χ2n) is 6.53. The van der Waals surface area contributed by atoms with Gasteiger partial charge >= 0.3 is 6.03 Å². The molecule has 6 nitrogen and oxygen atoms in total. The number of benzene rings is 2. The third-order valence-corrected chi connectivity index (χ3v) is 5.10. The van der Waals surface area contributed by atoms with Crippen molar-refractivity contribution in [3.05, 3.63) is 53.8 Å². The molecule has 1 fully saturated rings. The average molecular weight is 355 g/mol. The Kier molecular flexibility index (Phi) is 3.79. The van der Waals surface area contributed by atoms with Gasteiger partial charge in [0.15, 0.2) is 0 Å². The van der Waals surface area contributed by atoms with Crippen LogP contribution in [0.4, 0.5) is 20.6 Å². The van der Waals surface area contributed by atoms with Crippen LogP contribution in [0.25, 0.3) is 0 Å². The Labute approximate surface area is 149 Å². The molecule has 2 N–H and O–H groups in total. The Hall–Kier alpha value is -3.09. The number of para-hydroxylation sites is 1. The standard InChI is InChI=1S/C19H18FN3O3/c1-26-12-6-7-15-13(10-12)19(17(24)21-15)8-9-23(11-19)18(25)22-16-5-3-2-4-14(16)20/h2-7,10H,8-9,11H2,1H3,(H,21,24)(H,22,25). The Bertz CT molecular complexity index is 901. The number of nitrogens with one attached hydrogen (secondary N) is 2. The lowest BCUT2D eigenvalue weighted by atomic mass is 9.81. The molecular formula is C19H18FN3O3. The number of urea groups is 1. The van der Waals surface area contributed by atoms with Crippen molar-refractivity contribution >= 4 is 23.3 Å². The second-order valence-corrected chi connectivity index (χ2v) is 6.53. The molecule has 4 rings (SSSR count). The van der Waals surface area contributed by atoms with Crippen molar-refractivity contribution in [3.8, 4) is 5.75 Å². The van der Waals surface area contributed by atoms with Crippen molar-refractivity contribution in [1.29, 1.82) is 0 Å². The quantitative estimate of drug-likeness (QED) is 0.870. The summed E-state index contributed by atoms with van der Waals surface area (Å²) in [7, 11) is 1.57. The first-order valence-electron chi connectivity index (χ1n) is 8.34. The number of fused-ring (bicyclic) bond motifs is 2. The number of halogens is 1. The van der Waals surface area contributed by atoms with Gasteiger partial charge in [-0.25, -0.2) is 9.18 Å². The molecule has 2 aromatic carbocycles. The molecular weight excluding hydrogens is 337 g/mol. The van der Waals surface area contributed by atoms with E-state index in [1.165, 1.54) is 12.1 Å². The molecule has 134 valence electrons. The molecule has 0 saturated carbocycles. The SMILES string of the molecule is COc1ccc2c(c1)C1(CCN(C(=O)Nc3ccccc3F)C1)C(=O)N2. The molecule has 2 aliphatic rings. The van der Waals surface area contributed by atoms with Gasteiger partial charge in [-0.05, 0) is 42.3 Å². The number of likely N-dealkylation sites (tertiary alicyclic amines) is 1. The van der Waals surface area contributed by atoms with Gasteiger partial charge in [-0.3, -0.25) is 4.79 Å². The Morgan fingerprint density at radius 3 is 2.88 bits per heavy atom. The molecule has 2 aliphatic heterocycles. The van der Waals surface area contributed by atoms with E-state index in [4.69, 9.17) is 4.74 Å². The van der Waals surface area contributed by atoms with Crippen LogP contribution in [-0.2, 0) is 10.2 Å². The molecule has 1 saturated heterocycles. The Morgan fingerprint density at radius 2 is 2.12 bits per heavy atom. The number of hydrogen-bond donors (Lipinski definition) is 2. The lowest BCUT2D eigenvalue weighted by Crippen LogP contribution is -2.40. The molecule has 0 radical (unpaired) electrons. The molecule has 0 aliphatic carbocycles. The number of rotatable bonds is 2. The summed E-state index contributed by atoms with van der Waals surface area (Å²) in [5, 5.41) is 5.46. The fraction of sp³-hybridized carbons (Fsp3) is 0.263. The van der Waals surface area contributed by atoms with Crippen molar-refractivity contribution in [2.75, 3.05) is 30.8 Å². The van der Waals surface area contributed by atoms with E-state index in [0.717, 1.165) is 11.3 Å². The van der Waals surface area contributed by atoms with Gasteiger partial charge in [-0.15, -0.1) is 0 Å². The predicted octanol–water partition coefficient (Wildman–Crippen LogP) is 2.96. The first kappa shape index (κ1) is 16.4. The Morgan fingerprint density at radius 1 is 1.31 bits per heavy atom. The first-order valence-corrected chi connectivity index (χ1v) is 8.34. The minimum atomic E-state index is -0.795. The van der Waals surface area contributed by atoms with E-state index < -0.39 is 17.3 Å². The summed E-state index contributed by atoms with van der Waals surface area (Å²) >= 11 is 0. The number of carbonyl (C=O) groups is 2. The van der Waals surface area contributed by atoms with Crippen LogP contribution in [0.2, 0.25) is 0 Å². The molecule has 2 aromatic rings. The van der Waals surface area contributed by atoms with Crippen LogP contribution in [0.15, 0.2) is 42.5 Å². The number of hydrogen-bond acceptors (Lipinski definition) is 3. The van der Waals surface area contributed by atoms with E-state index >= 15 is 0 Å². The van der Waals surface area contributed by atoms with E-state index in [1.54, 1.807) is 30.2 Å².